The summed E-state index contributed by atoms with van der Waals surface area (Å²) in [6.45, 7) is 5.58. The maximum Gasteiger partial charge on any atom is 0.213 e. The molecule has 0 amide bonds. The maximum atomic E-state index is 13.1. The van der Waals surface area contributed by atoms with Crippen molar-refractivity contribution in [3.05, 3.63) is 29.6 Å². The zero-order valence-corrected chi connectivity index (χ0v) is 8.97. The fourth-order valence-electron chi connectivity index (χ4n) is 1.20. The highest BCUT2D eigenvalue weighted by atomic mass is 19.1. The number of rotatable bonds is 2. The zero-order chi connectivity index (χ0) is 11.6. The molecule has 1 aromatic rings. The third-order valence-corrected chi connectivity index (χ3v) is 1.81. The number of nitrogens with zero attached hydrogens (tertiary/aromatic N) is 1. The second kappa shape index (κ2) is 4.04. The first kappa shape index (κ1) is 11.8. The molecule has 2 nitrogen and oxygen atoms in total. The smallest absolute Gasteiger partial charge is 0.213 e. The van der Waals surface area contributed by atoms with Crippen LogP contribution >= 0.6 is 0 Å². The highest BCUT2D eigenvalue weighted by Crippen LogP contribution is 2.22. The van der Waals surface area contributed by atoms with Crippen molar-refractivity contribution in [1.82, 2.24) is 4.98 Å². The molecule has 1 rings (SSSR count). The molecule has 0 fully saturated rings. The van der Waals surface area contributed by atoms with Crippen LogP contribution in [0.2, 0.25) is 0 Å². The van der Waals surface area contributed by atoms with E-state index >= 15 is 0 Å². The molecule has 0 radical (unpaired) electrons. The van der Waals surface area contributed by atoms with Crippen molar-refractivity contribution in [3.63, 3.8) is 0 Å². The Bertz CT molecular complexity index is 383. The molecule has 0 aliphatic heterocycles. The molecule has 0 saturated carbocycles. The number of halogens is 2. The quantitative estimate of drug-likeness (QED) is 0.558. The lowest BCUT2D eigenvalue weighted by Gasteiger charge is -2.16. The van der Waals surface area contributed by atoms with E-state index in [0.717, 1.165) is 12.3 Å². The van der Waals surface area contributed by atoms with Crippen molar-refractivity contribution in [3.8, 4) is 0 Å². The van der Waals surface area contributed by atoms with Crippen LogP contribution in [0.4, 0.5) is 8.78 Å². The number of ketones is 1. The summed E-state index contributed by atoms with van der Waals surface area (Å²) in [6, 6.07) is 0.837. The molecular weight excluding hydrogens is 200 g/mol. The lowest BCUT2D eigenvalue weighted by molar-refractivity contribution is 0.0935. The zero-order valence-electron chi connectivity index (χ0n) is 8.97. The Morgan fingerprint density at radius 3 is 2.53 bits per heavy atom. The van der Waals surface area contributed by atoms with Gasteiger partial charge in [0.05, 0.1) is 11.8 Å². The van der Waals surface area contributed by atoms with E-state index < -0.39 is 17.5 Å². The second-order valence-electron chi connectivity index (χ2n) is 4.65. The Morgan fingerprint density at radius 2 is 2.00 bits per heavy atom. The van der Waals surface area contributed by atoms with Crippen LogP contribution in [0.25, 0.3) is 0 Å². The van der Waals surface area contributed by atoms with Gasteiger partial charge in [-0.05, 0) is 5.41 Å². The Morgan fingerprint density at radius 1 is 1.40 bits per heavy atom. The van der Waals surface area contributed by atoms with Crippen molar-refractivity contribution in [2.45, 2.75) is 27.2 Å². The summed E-state index contributed by atoms with van der Waals surface area (Å²) < 4.78 is 25.9. The minimum Gasteiger partial charge on any atom is -0.294 e. The van der Waals surface area contributed by atoms with Gasteiger partial charge < -0.3 is 0 Å². The van der Waals surface area contributed by atoms with Crippen LogP contribution in [0, 0.1) is 17.2 Å². The largest absolute Gasteiger partial charge is 0.294 e. The van der Waals surface area contributed by atoms with E-state index in [2.05, 4.69) is 4.98 Å². The third-order valence-electron chi connectivity index (χ3n) is 1.81. The number of pyridine rings is 1. The van der Waals surface area contributed by atoms with Gasteiger partial charge in [0.1, 0.15) is 0 Å². The van der Waals surface area contributed by atoms with Gasteiger partial charge in [0.25, 0.3) is 0 Å². The van der Waals surface area contributed by atoms with Gasteiger partial charge in [0.2, 0.25) is 5.95 Å². The normalized spacial score (nSPS) is 11.5. The van der Waals surface area contributed by atoms with E-state index in [9.17, 15) is 13.6 Å². The topological polar surface area (TPSA) is 30.0 Å². The molecule has 82 valence electrons. The van der Waals surface area contributed by atoms with Gasteiger partial charge in [-0.3, -0.25) is 4.79 Å². The predicted octanol–water partition coefficient (Wildman–Crippen LogP) is 2.98. The molecule has 0 aliphatic carbocycles. The van der Waals surface area contributed by atoms with Crippen LogP contribution in [0.15, 0.2) is 12.3 Å². The number of Topliss-reactive ketones (excluding diaryl/α,β-unsaturated/α-hetero) is 1. The molecule has 0 saturated heterocycles. The van der Waals surface area contributed by atoms with E-state index in [0.29, 0.717) is 0 Å². The van der Waals surface area contributed by atoms with E-state index in [1.54, 1.807) is 0 Å². The van der Waals surface area contributed by atoms with Crippen LogP contribution in [-0.4, -0.2) is 10.8 Å². The minimum absolute atomic E-state index is 0.174. The summed E-state index contributed by atoms with van der Waals surface area (Å²) >= 11 is 0. The van der Waals surface area contributed by atoms with Crippen molar-refractivity contribution in [1.29, 1.82) is 0 Å². The molecule has 1 aromatic heterocycles. The highest BCUT2D eigenvalue weighted by molar-refractivity contribution is 5.96. The molecule has 0 N–H and O–H groups in total. The number of hydrogen-bond acceptors (Lipinski definition) is 2. The van der Waals surface area contributed by atoms with Crippen LogP contribution < -0.4 is 0 Å². The first-order chi connectivity index (χ1) is 6.79. The second-order valence-corrected chi connectivity index (χ2v) is 4.65. The van der Waals surface area contributed by atoms with Crippen LogP contribution in [0.1, 0.15) is 37.6 Å². The summed E-state index contributed by atoms with van der Waals surface area (Å²) in [4.78, 5) is 14.7. The molecule has 0 bridgehead atoms. The van der Waals surface area contributed by atoms with Crippen LogP contribution in [0.3, 0.4) is 0 Å². The fraction of sp³-hybridized carbons (Fsp3) is 0.455. The monoisotopic (exact) mass is 213 g/mol. The standard InChI is InChI=1S/C11H13F2NO/c1-11(2,3)5-9(15)7-4-10(13)14-6-8(7)12/h4,6H,5H2,1-3H3. The average Bonchev–Trinajstić information content (AvgIpc) is 2.06. The summed E-state index contributed by atoms with van der Waals surface area (Å²) in [5.41, 5.74) is -0.471. The molecule has 15 heavy (non-hydrogen) atoms. The number of carbonyl (C=O) groups is 1. The number of aromatic nitrogens is 1. The first-order valence-corrected chi connectivity index (χ1v) is 4.64. The summed E-state index contributed by atoms with van der Waals surface area (Å²) in [5, 5.41) is 0. The lowest BCUT2D eigenvalue weighted by Crippen LogP contribution is -2.14. The number of carbonyl (C=O) groups excluding carboxylic acids is 1. The molecule has 0 aliphatic rings. The third kappa shape index (κ3) is 3.38. The van der Waals surface area contributed by atoms with Crippen molar-refractivity contribution >= 4 is 5.78 Å². The van der Waals surface area contributed by atoms with Crippen molar-refractivity contribution < 1.29 is 13.6 Å². The highest BCUT2D eigenvalue weighted by Gasteiger charge is 2.20. The predicted molar refractivity (Wildman–Crippen MR) is 52.6 cm³/mol. The Hall–Kier alpha value is -1.32. The van der Waals surface area contributed by atoms with E-state index in [-0.39, 0.29) is 17.4 Å². The van der Waals surface area contributed by atoms with Crippen LogP contribution in [-0.2, 0) is 0 Å². The first-order valence-electron chi connectivity index (χ1n) is 4.64. The summed E-state index contributed by atoms with van der Waals surface area (Å²) in [7, 11) is 0. The van der Waals surface area contributed by atoms with E-state index in [1.165, 1.54) is 0 Å². The summed E-state index contributed by atoms with van der Waals surface area (Å²) in [5.74, 6) is -2.01. The summed E-state index contributed by atoms with van der Waals surface area (Å²) in [6.07, 6.45) is 0.901. The van der Waals surface area contributed by atoms with Gasteiger partial charge in [-0.25, -0.2) is 9.37 Å². The van der Waals surface area contributed by atoms with E-state index in [4.69, 9.17) is 0 Å². The van der Waals surface area contributed by atoms with Gasteiger partial charge in [0.15, 0.2) is 11.6 Å². The Kier molecular flexibility index (Phi) is 3.17. The minimum atomic E-state index is -0.839. The molecule has 0 atom stereocenters. The lowest BCUT2D eigenvalue weighted by atomic mass is 9.88. The number of hydrogen-bond donors (Lipinski definition) is 0. The molecule has 0 spiro atoms. The van der Waals surface area contributed by atoms with Gasteiger partial charge in [-0.2, -0.15) is 4.39 Å². The van der Waals surface area contributed by atoms with Gasteiger partial charge in [-0.1, -0.05) is 20.8 Å². The SMILES string of the molecule is CC(C)(C)CC(=O)c1cc(F)ncc1F. The van der Waals surface area contributed by atoms with Crippen molar-refractivity contribution in [2.75, 3.05) is 0 Å². The molecule has 0 aromatic carbocycles. The van der Waals surface area contributed by atoms with E-state index in [1.807, 2.05) is 20.8 Å². The van der Waals surface area contributed by atoms with Gasteiger partial charge in [0, 0.05) is 12.5 Å². The molecule has 0 unspecified atom stereocenters. The Labute approximate surface area is 87.3 Å². The van der Waals surface area contributed by atoms with Gasteiger partial charge >= 0.3 is 0 Å². The van der Waals surface area contributed by atoms with Gasteiger partial charge in [-0.15, -0.1) is 0 Å². The molecular formula is C11H13F2NO. The van der Waals surface area contributed by atoms with Crippen molar-refractivity contribution in [2.24, 2.45) is 5.41 Å². The fourth-order valence-corrected chi connectivity index (χ4v) is 1.20. The maximum absolute atomic E-state index is 13.1. The Balaban J connectivity index is 2.96. The average molecular weight is 213 g/mol. The molecule has 4 heteroatoms. The van der Waals surface area contributed by atoms with Crippen LogP contribution in [0.5, 0.6) is 0 Å². The molecule has 1 heterocycles.